The van der Waals surface area contributed by atoms with Gasteiger partial charge in [0.05, 0.1) is 16.9 Å². The van der Waals surface area contributed by atoms with Crippen LogP contribution in [0.4, 0.5) is 11.8 Å². The SMILES string of the molecule is CC(C)c1c[nH]c2c(NCc3ccc(-c4ccccn4)nc3)nc(NC3CCC(N)CC3)nc12. The van der Waals surface area contributed by atoms with E-state index in [0.29, 0.717) is 30.5 Å². The maximum atomic E-state index is 6.08. The summed E-state index contributed by atoms with van der Waals surface area (Å²) in [6.07, 6.45) is 9.87. The van der Waals surface area contributed by atoms with Crippen LogP contribution in [0, 0.1) is 0 Å². The Morgan fingerprint density at radius 1 is 1.03 bits per heavy atom. The van der Waals surface area contributed by atoms with Crippen molar-refractivity contribution in [2.45, 2.75) is 64.1 Å². The fourth-order valence-corrected chi connectivity index (χ4v) is 4.48. The van der Waals surface area contributed by atoms with E-state index in [1.807, 2.05) is 36.7 Å². The topological polar surface area (TPSA) is 117 Å². The third-order valence-corrected chi connectivity index (χ3v) is 6.49. The van der Waals surface area contributed by atoms with E-state index in [4.69, 9.17) is 15.7 Å². The minimum atomic E-state index is 0.313. The summed E-state index contributed by atoms with van der Waals surface area (Å²) in [5, 5.41) is 7.06. The predicted molar refractivity (Wildman–Crippen MR) is 137 cm³/mol. The van der Waals surface area contributed by atoms with Crippen LogP contribution in [0.2, 0.25) is 0 Å². The molecule has 0 aliphatic heterocycles. The largest absolute Gasteiger partial charge is 0.364 e. The second kappa shape index (κ2) is 9.77. The van der Waals surface area contributed by atoms with E-state index < -0.39 is 0 Å². The molecule has 0 amide bonds. The Hall–Kier alpha value is -3.52. The molecule has 1 saturated carbocycles. The van der Waals surface area contributed by atoms with Crippen molar-refractivity contribution >= 4 is 22.8 Å². The van der Waals surface area contributed by atoms with Gasteiger partial charge in [-0.25, -0.2) is 4.98 Å². The number of fused-ring (bicyclic) bond motifs is 1. The van der Waals surface area contributed by atoms with Crippen LogP contribution >= 0.6 is 0 Å². The Kier molecular flexibility index (Phi) is 6.40. The number of aromatic nitrogens is 5. The van der Waals surface area contributed by atoms with E-state index in [1.54, 1.807) is 6.20 Å². The predicted octanol–water partition coefficient (Wildman–Crippen LogP) is 4.83. The molecule has 8 heteroatoms. The number of aromatic amines is 1. The molecular formula is C26H32N8. The van der Waals surface area contributed by atoms with Crippen molar-refractivity contribution in [2.24, 2.45) is 5.73 Å². The van der Waals surface area contributed by atoms with E-state index in [-0.39, 0.29) is 0 Å². The monoisotopic (exact) mass is 456 g/mol. The summed E-state index contributed by atoms with van der Waals surface area (Å²) in [6, 6.07) is 10.6. The Bertz CT molecular complexity index is 1230. The van der Waals surface area contributed by atoms with Crippen molar-refractivity contribution in [3.05, 3.63) is 60.0 Å². The zero-order valence-electron chi connectivity index (χ0n) is 19.8. The lowest BCUT2D eigenvalue weighted by Gasteiger charge is -2.27. The Morgan fingerprint density at radius 2 is 1.85 bits per heavy atom. The van der Waals surface area contributed by atoms with Gasteiger partial charge in [-0.05, 0) is 60.9 Å². The van der Waals surface area contributed by atoms with Crippen LogP contribution in [0.15, 0.2) is 48.9 Å². The lowest BCUT2D eigenvalue weighted by atomic mass is 9.92. The lowest BCUT2D eigenvalue weighted by molar-refractivity contribution is 0.410. The fraction of sp³-hybridized carbons (Fsp3) is 0.385. The summed E-state index contributed by atoms with van der Waals surface area (Å²) in [6.45, 7) is 4.97. The van der Waals surface area contributed by atoms with Gasteiger partial charge in [-0.1, -0.05) is 26.0 Å². The summed E-state index contributed by atoms with van der Waals surface area (Å²) in [7, 11) is 0. The highest BCUT2D eigenvalue weighted by atomic mass is 15.2. The van der Waals surface area contributed by atoms with Gasteiger partial charge in [0.2, 0.25) is 5.95 Å². The van der Waals surface area contributed by atoms with Gasteiger partial charge in [0.1, 0.15) is 5.52 Å². The first kappa shape index (κ1) is 22.3. The molecule has 34 heavy (non-hydrogen) atoms. The van der Waals surface area contributed by atoms with Crippen LogP contribution in [0.25, 0.3) is 22.4 Å². The minimum absolute atomic E-state index is 0.313. The van der Waals surface area contributed by atoms with Gasteiger partial charge in [-0.3, -0.25) is 9.97 Å². The van der Waals surface area contributed by atoms with E-state index in [0.717, 1.165) is 59.5 Å². The molecule has 4 aromatic heterocycles. The molecule has 0 spiro atoms. The number of nitrogens with two attached hydrogens (primary N) is 1. The number of hydrogen-bond donors (Lipinski definition) is 4. The van der Waals surface area contributed by atoms with Crippen LogP contribution in [-0.2, 0) is 6.54 Å². The molecule has 1 aliphatic rings. The van der Waals surface area contributed by atoms with Crippen molar-refractivity contribution in [1.29, 1.82) is 0 Å². The van der Waals surface area contributed by atoms with Crippen LogP contribution < -0.4 is 16.4 Å². The molecule has 8 nitrogen and oxygen atoms in total. The summed E-state index contributed by atoms with van der Waals surface area (Å²) in [4.78, 5) is 22.1. The molecule has 1 fully saturated rings. The van der Waals surface area contributed by atoms with Gasteiger partial charge >= 0.3 is 0 Å². The zero-order valence-corrected chi connectivity index (χ0v) is 19.8. The molecule has 4 heterocycles. The van der Waals surface area contributed by atoms with Gasteiger partial charge in [-0.15, -0.1) is 0 Å². The number of hydrogen-bond acceptors (Lipinski definition) is 7. The van der Waals surface area contributed by atoms with Crippen molar-refractivity contribution in [1.82, 2.24) is 24.9 Å². The average Bonchev–Trinajstić information content (AvgIpc) is 3.29. The van der Waals surface area contributed by atoms with Crippen LogP contribution in [0.3, 0.4) is 0 Å². The van der Waals surface area contributed by atoms with Crippen molar-refractivity contribution < 1.29 is 0 Å². The molecule has 0 bridgehead atoms. The summed E-state index contributed by atoms with van der Waals surface area (Å²) in [5.41, 5.74) is 12.0. The van der Waals surface area contributed by atoms with Gasteiger partial charge in [0.15, 0.2) is 5.82 Å². The second-order valence-electron chi connectivity index (χ2n) is 9.39. The minimum Gasteiger partial charge on any atom is -0.364 e. The van der Waals surface area contributed by atoms with E-state index in [9.17, 15) is 0 Å². The molecule has 5 N–H and O–H groups in total. The van der Waals surface area contributed by atoms with Gasteiger partial charge < -0.3 is 21.4 Å². The van der Waals surface area contributed by atoms with E-state index in [2.05, 4.69) is 45.5 Å². The quantitative estimate of drug-likeness (QED) is 0.314. The Morgan fingerprint density at radius 3 is 2.56 bits per heavy atom. The highest BCUT2D eigenvalue weighted by Crippen LogP contribution is 2.30. The van der Waals surface area contributed by atoms with Crippen molar-refractivity contribution in [3.8, 4) is 11.4 Å². The maximum Gasteiger partial charge on any atom is 0.225 e. The molecule has 4 aromatic rings. The Labute approximate surface area is 199 Å². The number of nitrogens with zero attached hydrogens (tertiary/aromatic N) is 4. The van der Waals surface area contributed by atoms with Crippen LogP contribution in [0.1, 0.15) is 56.6 Å². The second-order valence-corrected chi connectivity index (χ2v) is 9.39. The van der Waals surface area contributed by atoms with Gasteiger partial charge in [-0.2, -0.15) is 4.98 Å². The highest BCUT2D eigenvalue weighted by molar-refractivity contribution is 5.89. The molecular weight excluding hydrogens is 424 g/mol. The van der Waals surface area contributed by atoms with Crippen molar-refractivity contribution in [2.75, 3.05) is 10.6 Å². The van der Waals surface area contributed by atoms with Gasteiger partial charge in [0.25, 0.3) is 0 Å². The molecule has 5 rings (SSSR count). The highest BCUT2D eigenvalue weighted by Gasteiger charge is 2.21. The molecule has 0 radical (unpaired) electrons. The standard InChI is InChI=1S/C26H32N8/c1-16(2)20-15-30-24-23(20)33-26(32-19-9-7-18(27)8-10-19)34-25(24)31-14-17-6-11-22(29-13-17)21-5-3-4-12-28-21/h3-6,11-13,15-16,18-19,30H,7-10,14,27H2,1-2H3,(H2,31,32,33,34). The fourth-order valence-electron chi connectivity index (χ4n) is 4.48. The third-order valence-electron chi connectivity index (χ3n) is 6.49. The van der Waals surface area contributed by atoms with Gasteiger partial charge in [0, 0.05) is 37.2 Å². The zero-order chi connectivity index (χ0) is 23.5. The number of rotatable bonds is 7. The molecule has 0 saturated heterocycles. The average molecular weight is 457 g/mol. The molecule has 0 aromatic carbocycles. The molecule has 0 atom stereocenters. The first-order chi connectivity index (χ1) is 16.6. The molecule has 1 aliphatic carbocycles. The Balaban J connectivity index is 1.37. The summed E-state index contributed by atoms with van der Waals surface area (Å²) in [5.74, 6) is 1.82. The van der Waals surface area contributed by atoms with E-state index >= 15 is 0 Å². The van der Waals surface area contributed by atoms with Crippen LogP contribution in [-0.4, -0.2) is 37.0 Å². The van der Waals surface area contributed by atoms with Crippen molar-refractivity contribution in [3.63, 3.8) is 0 Å². The number of nitrogens with one attached hydrogen (secondary N) is 3. The summed E-state index contributed by atoms with van der Waals surface area (Å²) >= 11 is 0. The molecule has 0 unspecified atom stereocenters. The maximum absolute atomic E-state index is 6.08. The third kappa shape index (κ3) is 4.87. The number of anilines is 2. The molecule has 176 valence electrons. The summed E-state index contributed by atoms with van der Waals surface area (Å²) < 4.78 is 0. The number of H-pyrrole nitrogens is 1. The van der Waals surface area contributed by atoms with Crippen LogP contribution in [0.5, 0.6) is 0 Å². The normalized spacial score (nSPS) is 18.4. The number of pyridine rings is 2. The van der Waals surface area contributed by atoms with E-state index in [1.165, 1.54) is 5.56 Å². The first-order valence-corrected chi connectivity index (χ1v) is 12.1. The lowest BCUT2D eigenvalue weighted by Crippen LogP contribution is -2.33. The smallest absolute Gasteiger partial charge is 0.225 e. The first-order valence-electron chi connectivity index (χ1n) is 12.1.